The van der Waals surface area contributed by atoms with Gasteiger partial charge in [0.2, 0.25) is 5.91 Å². The number of aliphatic hydroxyl groups is 1. The van der Waals surface area contributed by atoms with Gasteiger partial charge in [-0.2, -0.15) is 0 Å². The minimum atomic E-state index is -0.902. The lowest BCUT2D eigenvalue weighted by Gasteiger charge is -2.36. The molecule has 11 heteroatoms. The maximum atomic E-state index is 12.1. The summed E-state index contributed by atoms with van der Waals surface area (Å²) in [6, 6.07) is 23.9. The molecular weight excluding hydrogens is 580 g/mol. The van der Waals surface area contributed by atoms with Crippen molar-refractivity contribution >= 4 is 23.6 Å². The number of carboxylic acid groups (broad SMARTS) is 1. The number of carbonyl (C=O) groups excluding carboxylic acids is 1. The van der Waals surface area contributed by atoms with Crippen LogP contribution in [-0.4, -0.2) is 48.7 Å². The van der Waals surface area contributed by atoms with Crippen LogP contribution in [0.1, 0.15) is 60.3 Å². The normalized spacial score (nSPS) is 18.2. The molecule has 0 unspecified atom stereocenters. The Bertz CT molecular complexity index is 1560. The molecule has 10 nitrogen and oxygen atoms in total. The van der Waals surface area contributed by atoms with Crippen LogP contribution in [0.25, 0.3) is 11.1 Å². The molecule has 3 N–H and O–H groups in total. The zero-order chi connectivity index (χ0) is 30.9. The zero-order valence-electron chi connectivity index (χ0n) is 24.5. The fourth-order valence-corrected chi connectivity index (χ4v) is 5.91. The van der Waals surface area contributed by atoms with E-state index < -0.39 is 12.3 Å². The fraction of sp³-hybridized carbons (Fsp3) is 0.333. The summed E-state index contributed by atoms with van der Waals surface area (Å²) in [5, 5.41) is 30.1. The molecule has 3 atom stereocenters. The van der Waals surface area contributed by atoms with Crippen LogP contribution < -0.4 is 5.32 Å². The first-order valence-electron chi connectivity index (χ1n) is 14.5. The predicted octanol–water partition coefficient (Wildman–Crippen LogP) is 5.18. The number of aromatic nitrogens is 3. The van der Waals surface area contributed by atoms with E-state index in [1.807, 2.05) is 78.3 Å². The molecule has 1 aliphatic heterocycles. The van der Waals surface area contributed by atoms with E-state index in [1.165, 1.54) is 0 Å². The molecule has 1 aromatic heterocycles. The van der Waals surface area contributed by atoms with Gasteiger partial charge in [-0.15, -0.1) is 10.2 Å². The van der Waals surface area contributed by atoms with E-state index in [4.69, 9.17) is 14.6 Å². The van der Waals surface area contributed by atoms with Crippen molar-refractivity contribution in [3.05, 3.63) is 101 Å². The first kappa shape index (κ1) is 31.4. The number of aliphatic hydroxyl groups excluding tert-OH is 1. The molecule has 0 saturated carbocycles. The molecule has 44 heavy (non-hydrogen) atoms. The van der Waals surface area contributed by atoms with Crippen LogP contribution in [0.15, 0.2) is 84.3 Å². The second kappa shape index (κ2) is 15.1. The zero-order valence-corrected chi connectivity index (χ0v) is 25.3. The number of carboxylic acids is 1. The molecule has 5 rings (SSSR count). The number of aliphatic carboxylic acids is 1. The van der Waals surface area contributed by atoms with E-state index in [1.54, 1.807) is 18.1 Å². The third-order valence-electron chi connectivity index (χ3n) is 7.39. The summed E-state index contributed by atoms with van der Waals surface area (Å²) < 4.78 is 14.9. The molecule has 1 saturated heterocycles. The van der Waals surface area contributed by atoms with Crippen molar-refractivity contribution in [2.75, 3.05) is 5.75 Å². The largest absolute Gasteiger partial charge is 0.481 e. The molecule has 0 spiro atoms. The Balaban J connectivity index is 1.31. The standard InChI is InChI=1S/C33H36N4O6S/c1-37-21-35-36-33(37)44-20-28-17-29(24-13-11-22(19-38)12-14-24)43-32(42-28)27-8-3-7-26(16-27)25-6-2-5-23(15-25)18-34-30(39)9-4-10-31(40)41/h2-3,5-8,11-16,21,28-29,32,38H,4,9-10,17-20H2,1H3,(H,34,39)(H,40,41)/t28-,29+,32+/m1/s1. The molecule has 3 aromatic carbocycles. The van der Waals surface area contributed by atoms with E-state index in [0.717, 1.165) is 38.5 Å². The van der Waals surface area contributed by atoms with Crippen molar-refractivity contribution < 1.29 is 29.3 Å². The molecule has 0 radical (unpaired) electrons. The third-order valence-corrected chi connectivity index (χ3v) is 8.55. The van der Waals surface area contributed by atoms with Crippen LogP contribution >= 0.6 is 11.8 Å². The Morgan fingerprint density at radius 3 is 2.48 bits per heavy atom. The van der Waals surface area contributed by atoms with Crippen molar-refractivity contribution in [2.45, 2.75) is 62.5 Å². The number of thioether (sulfide) groups is 1. The van der Waals surface area contributed by atoms with E-state index in [2.05, 4.69) is 21.6 Å². The van der Waals surface area contributed by atoms with Gasteiger partial charge in [-0.3, -0.25) is 9.59 Å². The van der Waals surface area contributed by atoms with Gasteiger partial charge in [-0.25, -0.2) is 0 Å². The summed E-state index contributed by atoms with van der Waals surface area (Å²) in [5.74, 6) is -0.389. The van der Waals surface area contributed by atoms with Crippen LogP contribution in [0.4, 0.5) is 0 Å². The van der Waals surface area contributed by atoms with Crippen molar-refractivity contribution in [1.82, 2.24) is 20.1 Å². The third kappa shape index (κ3) is 8.54. The molecule has 230 valence electrons. The molecule has 2 heterocycles. The van der Waals surface area contributed by atoms with Gasteiger partial charge in [-0.05, 0) is 46.4 Å². The van der Waals surface area contributed by atoms with Crippen LogP contribution in [-0.2, 0) is 39.3 Å². The van der Waals surface area contributed by atoms with E-state index >= 15 is 0 Å². The number of hydrogen-bond acceptors (Lipinski definition) is 8. The maximum absolute atomic E-state index is 12.1. The Kier molecular flexibility index (Phi) is 10.8. The summed E-state index contributed by atoms with van der Waals surface area (Å²) >= 11 is 1.59. The van der Waals surface area contributed by atoms with E-state index in [0.29, 0.717) is 25.1 Å². The molecule has 0 aliphatic carbocycles. The van der Waals surface area contributed by atoms with Crippen molar-refractivity contribution in [3.63, 3.8) is 0 Å². The van der Waals surface area contributed by atoms with Crippen molar-refractivity contribution in [2.24, 2.45) is 7.05 Å². The predicted molar refractivity (Wildman–Crippen MR) is 165 cm³/mol. The average molecular weight is 617 g/mol. The van der Waals surface area contributed by atoms with Crippen molar-refractivity contribution in [3.8, 4) is 11.1 Å². The topological polar surface area (TPSA) is 136 Å². The van der Waals surface area contributed by atoms with Gasteiger partial charge in [0.15, 0.2) is 11.4 Å². The first-order valence-corrected chi connectivity index (χ1v) is 15.5. The lowest BCUT2D eigenvalue weighted by Crippen LogP contribution is -2.31. The monoisotopic (exact) mass is 616 g/mol. The molecule has 1 fully saturated rings. The highest BCUT2D eigenvalue weighted by Gasteiger charge is 2.32. The summed E-state index contributed by atoms with van der Waals surface area (Å²) in [6.07, 6.45) is 1.92. The lowest BCUT2D eigenvalue weighted by atomic mass is 9.99. The van der Waals surface area contributed by atoms with Crippen LogP contribution in [0, 0.1) is 0 Å². The number of hydrogen-bond donors (Lipinski definition) is 3. The second-order valence-corrected chi connectivity index (χ2v) is 11.7. The van der Waals surface area contributed by atoms with Gasteiger partial charge >= 0.3 is 5.97 Å². The smallest absolute Gasteiger partial charge is 0.303 e. The molecular formula is C33H36N4O6S. The van der Waals surface area contributed by atoms with Crippen LogP contribution in [0.5, 0.6) is 0 Å². The molecule has 1 aliphatic rings. The van der Waals surface area contributed by atoms with Crippen LogP contribution in [0.2, 0.25) is 0 Å². The minimum Gasteiger partial charge on any atom is -0.481 e. The number of nitrogens with zero attached hydrogens (tertiary/aromatic N) is 3. The average Bonchev–Trinajstić information content (AvgIpc) is 3.47. The maximum Gasteiger partial charge on any atom is 0.303 e. The summed E-state index contributed by atoms with van der Waals surface area (Å²) in [5.41, 5.74) is 5.69. The Labute approximate surface area is 260 Å². The molecule has 1 amide bonds. The van der Waals surface area contributed by atoms with Gasteiger partial charge in [-0.1, -0.05) is 72.4 Å². The van der Waals surface area contributed by atoms with Crippen LogP contribution in [0.3, 0.4) is 0 Å². The number of benzene rings is 3. The SMILES string of the molecule is Cn1cnnc1SC[C@H]1C[C@@H](c2ccc(CO)cc2)O[C@@H](c2cccc(-c3cccc(CNC(=O)CCCC(=O)O)c3)c2)O1. The quantitative estimate of drug-likeness (QED) is 0.174. The highest BCUT2D eigenvalue weighted by atomic mass is 32.2. The molecule has 0 bridgehead atoms. The van der Waals surface area contributed by atoms with E-state index in [-0.39, 0.29) is 37.6 Å². The fourth-order valence-electron chi connectivity index (χ4n) is 5.01. The lowest BCUT2D eigenvalue weighted by molar-refractivity contribution is -0.245. The van der Waals surface area contributed by atoms with Gasteiger partial charge in [0.05, 0.1) is 18.8 Å². The van der Waals surface area contributed by atoms with Gasteiger partial charge in [0, 0.05) is 44.2 Å². The number of aryl methyl sites for hydroxylation is 1. The number of ether oxygens (including phenoxy) is 2. The van der Waals surface area contributed by atoms with Crippen molar-refractivity contribution in [1.29, 1.82) is 0 Å². The number of rotatable bonds is 13. The number of carbonyl (C=O) groups is 2. The number of amides is 1. The van der Waals surface area contributed by atoms with Gasteiger partial charge in [0.25, 0.3) is 0 Å². The second-order valence-electron chi connectivity index (χ2n) is 10.7. The van der Waals surface area contributed by atoms with Gasteiger partial charge in [0.1, 0.15) is 6.33 Å². The Hall–Kier alpha value is -4.03. The minimum absolute atomic E-state index is 0.0122. The van der Waals surface area contributed by atoms with Gasteiger partial charge < -0.3 is 29.6 Å². The Morgan fingerprint density at radius 2 is 1.75 bits per heavy atom. The first-order chi connectivity index (χ1) is 21.4. The summed E-state index contributed by atoms with van der Waals surface area (Å²) in [6.45, 7) is 0.345. The highest BCUT2D eigenvalue weighted by molar-refractivity contribution is 7.99. The Morgan fingerprint density at radius 1 is 0.977 bits per heavy atom. The highest BCUT2D eigenvalue weighted by Crippen LogP contribution is 2.40. The van der Waals surface area contributed by atoms with E-state index in [9.17, 15) is 14.7 Å². The summed E-state index contributed by atoms with van der Waals surface area (Å²) in [7, 11) is 1.92. The summed E-state index contributed by atoms with van der Waals surface area (Å²) in [4.78, 5) is 22.8. The number of nitrogens with one attached hydrogen (secondary N) is 1. The molecule has 4 aromatic rings.